The molecule has 11 nitrogen and oxygen atoms in total. The quantitative estimate of drug-likeness (QED) is 0.203. The van der Waals surface area contributed by atoms with E-state index < -0.39 is 9.84 Å². The maximum atomic E-state index is 12.4. The predicted octanol–water partition coefficient (Wildman–Crippen LogP) is 4.10. The smallest absolute Gasteiger partial charge is 0.321 e. The van der Waals surface area contributed by atoms with Crippen molar-refractivity contribution in [2.45, 2.75) is 25.7 Å². The van der Waals surface area contributed by atoms with E-state index in [9.17, 15) is 18.0 Å². The highest BCUT2D eigenvalue weighted by Gasteiger charge is 2.19. The van der Waals surface area contributed by atoms with Gasteiger partial charge >= 0.3 is 6.03 Å². The average molecular weight is 629 g/mol. The summed E-state index contributed by atoms with van der Waals surface area (Å²) in [5.74, 6) is 0.345. The average Bonchev–Trinajstić information content (AvgIpc) is 3.50. The van der Waals surface area contributed by atoms with Crippen molar-refractivity contribution in [1.29, 1.82) is 0 Å². The molecule has 40 heavy (non-hydrogen) atoms. The second-order valence-corrected chi connectivity index (χ2v) is 12.1. The minimum Gasteiger partial charge on any atom is -0.369 e. The van der Waals surface area contributed by atoms with E-state index in [-0.39, 0.29) is 29.0 Å². The van der Waals surface area contributed by atoms with Crippen LogP contribution in [0.15, 0.2) is 69.5 Å². The number of amides is 3. The molecule has 1 aliphatic heterocycles. The predicted molar refractivity (Wildman–Crippen MR) is 158 cm³/mol. The molecule has 13 heteroatoms. The Morgan fingerprint density at radius 1 is 1.10 bits per heavy atom. The second-order valence-electron chi connectivity index (χ2n) is 9.09. The summed E-state index contributed by atoms with van der Waals surface area (Å²) in [5.41, 5.74) is 6.66. The number of nitrogens with one attached hydrogen (secondary N) is 4. The molecule has 0 spiro atoms. The van der Waals surface area contributed by atoms with Crippen LogP contribution in [0.2, 0.25) is 0 Å². The molecule has 0 bridgehead atoms. The van der Waals surface area contributed by atoms with Gasteiger partial charge in [-0.25, -0.2) is 18.2 Å². The first-order valence-electron chi connectivity index (χ1n) is 12.9. The largest absolute Gasteiger partial charge is 0.369 e. The Balaban J connectivity index is 1.20. The zero-order valence-electron chi connectivity index (χ0n) is 21.7. The molecule has 1 fully saturated rings. The van der Waals surface area contributed by atoms with E-state index in [1.165, 1.54) is 18.2 Å². The summed E-state index contributed by atoms with van der Waals surface area (Å²) < 4.78 is 25.3. The lowest BCUT2D eigenvalue weighted by Gasteiger charge is -2.16. The molecule has 4 rings (SSSR count). The molecule has 210 valence electrons. The summed E-state index contributed by atoms with van der Waals surface area (Å²) in [7, 11) is -3.54. The van der Waals surface area contributed by atoms with Gasteiger partial charge in [0.15, 0.2) is 9.84 Å². The Kier molecular flexibility index (Phi) is 10.2. The maximum absolute atomic E-state index is 12.4. The first kappa shape index (κ1) is 29.1. The standard InChI is InChI=1S/C27H30BrN7O4S/c28-23-19-31-26(32-20-8-6-9-21(18-20)33-27(37)35-15-4-5-16-35)34-25(23)30-14-7-13-29-24(36)12-17-40(38,39)22-10-2-1-3-11-22/h2,6,8-11,18-19H,4-5,7,12-17H2,(H,29,36)(H,33,37)(H2,30,31,32,34). The number of halogens is 1. The summed E-state index contributed by atoms with van der Waals surface area (Å²) in [6.45, 7) is 2.44. The maximum Gasteiger partial charge on any atom is 0.321 e. The molecule has 2 heterocycles. The Bertz CT molecular complexity index is 1490. The highest BCUT2D eigenvalue weighted by molar-refractivity contribution is 9.10. The van der Waals surface area contributed by atoms with Crippen molar-refractivity contribution in [2.24, 2.45) is 0 Å². The number of aromatic nitrogens is 2. The van der Waals surface area contributed by atoms with Crippen molar-refractivity contribution in [2.75, 3.05) is 47.9 Å². The van der Waals surface area contributed by atoms with E-state index in [2.05, 4.69) is 58.6 Å². The Morgan fingerprint density at radius 3 is 2.67 bits per heavy atom. The summed E-state index contributed by atoms with van der Waals surface area (Å²) in [5, 5.41) is 12.0. The van der Waals surface area contributed by atoms with Gasteiger partial charge in [-0.05, 0) is 65.5 Å². The minimum atomic E-state index is -3.54. The van der Waals surface area contributed by atoms with Crippen LogP contribution in [0.3, 0.4) is 0 Å². The lowest BCUT2D eigenvalue weighted by atomic mass is 10.3. The van der Waals surface area contributed by atoms with Gasteiger partial charge in [-0.2, -0.15) is 4.98 Å². The van der Waals surface area contributed by atoms with Crippen molar-refractivity contribution in [1.82, 2.24) is 20.2 Å². The lowest BCUT2D eigenvalue weighted by molar-refractivity contribution is -0.120. The Morgan fingerprint density at radius 2 is 1.90 bits per heavy atom. The third-order valence-electron chi connectivity index (χ3n) is 6.06. The number of benzene rings is 1. The van der Waals surface area contributed by atoms with Gasteiger partial charge in [-0.3, -0.25) is 4.79 Å². The third-order valence-corrected chi connectivity index (χ3v) is 8.36. The van der Waals surface area contributed by atoms with Crippen LogP contribution in [0.4, 0.5) is 27.9 Å². The SMILES string of the molecule is O=C(CCS(=O)(=O)C1=CC=C=C=C1)NCCCNc1nc(Nc2cccc(NC(=O)N3CCCC3)c2)ncc1Br. The third kappa shape index (κ3) is 8.56. The first-order valence-corrected chi connectivity index (χ1v) is 15.3. The molecule has 0 atom stereocenters. The Hall–Kier alpha value is -3.89. The molecule has 1 aliphatic carbocycles. The number of allylic oxidation sites excluding steroid dienone is 3. The normalized spacial score (nSPS) is 14.1. The number of carbonyl (C=O) groups is 2. The van der Waals surface area contributed by atoms with Gasteiger partial charge in [0.25, 0.3) is 0 Å². The number of hydrogen-bond donors (Lipinski definition) is 4. The van der Waals surface area contributed by atoms with Gasteiger partial charge in [0.1, 0.15) is 5.82 Å². The molecule has 1 aromatic heterocycles. The molecule has 2 aliphatic rings. The molecule has 3 amide bonds. The van der Waals surface area contributed by atoms with E-state index in [1.54, 1.807) is 11.1 Å². The zero-order chi connectivity index (χ0) is 28.4. The van der Waals surface area contributed by atoms with Crippen molar-refractivity contribution < 1.29 is 18.0 Å². The number of sulfone groups is 1. The van der Waals surface area contributed by atoms with Crippen molar-refractivity contribution in [3.63, 3.8) is 0 Å². The molecule has 0 radical (unpaired) electrons. The zero-order valence-corrected chi connectivity index (χ0v) is 24.1. The fraction of sp³-hybridized carbons (Fsp3) is 0.333. The minimum absolute atomic E-state index is 0.105. The molecule has 4 N–H and O–H groups in total. The number of anilines is 4. The van der Waals surface area contributed by atoms with Crippen molar-refractivity contribution in [3.05, 3.63) is 69.5 Å². The van der Waals surface area contributed by atoms with Gasteiger partial charge in [0.05, 0.1) is 15.1 Å². The van der Waals surface area contributed by atoms with Crippen molar-refractivity contribution >= 4 is 60.8 Å². The van der Waals surface area contributed by atoms with Crippen molar-refractivity contribution in [3.8, 4) is 0 Å². The van der Waals surface area contributed by atoms with E-state index >= 15 is 0 Å². The number of likely N-dealkylation sites (tertiary alicyclic amines) is 1. The summed E-state index contributed by atoms with van der Waals surface area (Å²) in [6.07, 6.45) is 8.42. The van der Waals surface area contributed by atoms with E-state index in [0.717, 1.165) is 31.6 Å². The number of hydrogen-bond acceptors (Lipinski definition) is 8. The van der Waals surface area contributed by atoms with E-state index in [0.29, 0.717) is 41.4 Å². The van der Waals surface area contributed by atoms with Gasteiger partial charge in [-0.1, -0.05) is 17.5 Å². The van der Waals surface area contributed by atoms with Gasteiger partial charge in [0, 0.05) is 56.2 Å². The van der Waals surface area contributed by atoms with Crippen LogP contribution in [0.5, 0.6) is 0 Å². The van der Waals surface area contributed by atoms with Crippen LogP contribution in [0, 0.1) is 0 Å². The van der Waals surface area contributed by atoms with Gasteiger partial charge < -0.3 is 26.2 Å². The van der Waals surface area contributed by atoms with Crippen LogP contribution in [0.25, 0.3) is 0 Å². The monoisotopic (exact) mass is 627 g/mol. The molecular formula is C27H30BrN7O4S. The molecular weight excluding hydrogens is 598 g/mol. The number of nitrogens with zero attached hydrogens (tertiary/aromatic N) is 3. The van der Waals surface area contributed by atoms with Crippen LogP contribution >= 0.6 is 15.9 Å². The van der Waals surface area contributed by atoms with Crippen LogP contribution in [0.1, 0.15) is 25.7 Å². The molecule has 0 saturated carbocycles. The van der Waals surface area contributed by atoms with E-state index in [1.807, 2.05) is 24.3 Å². The first-order chi connectivity index (χ1) is 19.3. The second kappa shape index (κ2) is 14.0. The lowest BCUT2D eigenvalue weighted by Crippen LogP contribution is -2.32. The van der Waals surface area contributed by atoms with Gasteiger partial charge in [-0.15, -0.1) is 0 Å². The topological polar surface area (TPSA) is 145 Å². The molecule has 1 saturated heterocycles. The molecule has 1 aromatic carbocycles. The summed E-state index contributed by atoms with van der Waals surface area (Å²) in [6, 6.07) is 7.23. The fourth-order valence-electron chi connectivity index (χ4n) is 3.96. The van der Waals surface area contributed by atoms with Crippen LogP contribution < -0.4 is 21.3 Å². The fourth-order valence-corrected chi connectivity index (χ4v) is 5.50. The highest BCUT2D eigenvalue weighted by Crippen LogP contribution is 2.23. The number of rotatable bonds is 12. The number of carbonyl (C=O) groups excluding carboxylic acids is 2. The summed E-state index contributed by atoms with van der Waals surface area (Å²) in [4.78, 5) is 35.2. The number of urea groups is 1. The van der Waals surface area contributed by atoms with E-state index in [4.69, 9.17) is 0 Å². The van der Waals surface area contributed by atoms with Crippen LogP contribution in [-0.2, 0) is 14.6 Å². The summed E-state index contributed by atoms with van der Waals surface area (Å²) >= 11 is 3.44. The molecule has 0 unspecified atom stereocenters. The molecule has 2 aromatic rings. The highest BCUT2D eigenvalue weighted by atomic mass is 79.9. The van der Waals surface area contributed by atoms with Crippen LogP contribution in [-0.4, -0.2) is 67.2 Å². The Labute approximate surface area is 241 Å². The van der Waals surface area contributed by atoms with Gasteiger partial charge in [0.2, 0.25) is 11.9 Å².